The van der Waals surface area contributed by atoms with Crippen LogP contribution >= 0.6 is 0 Å². The molecule has 0 aliphatic heterocycles. The molecule has 0 N–H and O–H groups in total. The van der Waals surface area contributed by atoms with E-state index in [1.165, 1.54) is 16.9 Å². The van der Waals surface area contributed by atoms with Crippen LogP contribution in [0, 0.1) is 0 Å². The number of nitrogens with zero attached hydrogens (tertiary/aromatic N) is 1. The summed E-state index contributed by atoms with van der Waals surface area (Å²) in [5, 5.41) is 0. The number of para-hydroxylation sites is 2. The van der Waals surface area contributed by atoms with Crippen molar-refractivity contribution in [1.82, 2.24) is 0 Å². The maximum absolute atomic E-state index is 2.22. The van der Waals surface area contributed by atoms with Gasteiger partial charge in [-0.25, -0.2) is 0 Å². The maximum Gasteiger partial charge on any atom is 0.0481 e. The topological polar surface area (TPSA) is 3.24 Å². The Morgan fingerprint density at radius 3 is 2.33 bits per heavy atom. The Labute approximate surface area is 109 Å². The van der Waals surface area contributed by atoms with Crippen molar-refractivity contribution in [3.05, 3.63) is 66.2 Å². The van der Waals surface area contributed by atoms with E-state index in [0.717, 1.165) is 6.42 Å². The van der Waals surface area contributed by atoms with Crippen molar-refractivity contribution in [2.24, 2.45) is 0 Å². The lowest BCUT2D eigenvalue weighted by Crippen LogP contribution is -2.10. The van der Waals surface area contributed by atoms with Crippen LogP contribution in [0.3, 0.4) is 0 Å². The molecular weight excluding hydrogens is 218 g/mol. The summed E-state index contributed by atoms with van der Waals surface area (Å²) in [4.78, 5) is 2.22. The summed E-state index contributed by atoms with van der Waals surface area (Å²) in [6, 6.07) is 18.9. The van der Waals surface area contributed by atoms with E-state index in [4.69, 9.17) is 0 Å². The van der Waals surface area contributed by atoms with Crippen LogP contribution in [-0.2, 0) is 0 Å². The molecule has 0 saturated carbocycles. The molecule has 0 radical (unpaired) electrons. The van der Waals surface area contributed by atoms with Gasteiger partial charge in [0.15, 0.2) is 0 Å². The fourth-order valence-electron chi connectivity index (χ4n) is 1.97. The summed E-state index contributed by atoms with van der Waals surface area (Å²) in [5.74, 6) is 0. The van der Waals surface area contributed by atoms with Gasteiger partial charge in [-0.2, -0.15) is 0 Å². The first kappa shape index (κ1) is 12.4. The van der Waals surface area contributed by atoms with Gasteiger partial charge in [-0.05, 0) is 30.2 Å². The highest BCUT2D eigenvalue weighted by molar-refractivity contribution is 5.73. The number of rotatable bonds is 4. The van der Waals surface area contributed by atoms with E-state index < -0.39 is 0 Å². The molecule has 0 spiro atoms. The number of hydrogen-bond donors (Lipinski definition) is 0. The highest BCUT2D eigenvalue weighted by atomic mass is 15.1. The van der Waals surface area contributed by atoms with Crippen molar-refractivity contribution in [3.63, 3.8) is 0 Å². The van der Waals surface area contributed by atoms with Crippen LogP contribution in [0.4, 0.5) is 11.4 Å². The molecule has 0 atom stereocenters. The van der Waals surface area contributed by atoms with E-state index in [1.54, 1.807) is 0 Å². The van der Waals surface area contributed by atoms with Crippen molar-refractivity contribution >= 4 is 17.5 Å². The third-order valence-electron chi connectivity index (χ3n) is 2.97. The van der Waals surface area contributed by atoms with Gasteiger partial charge in [0.25, 0.3) is 0 Å². The van der Waals surface area contributed by atoms with Crippen LogP contribution < -0.4 is 4.90 Å². The number of anilines is 2. The first-order valence-electron chi connectivity index (χ1n) is 6.37. The number of benzene rings is 2. The molecule has 1 heteroatoms. The fourth-order valence-corrected chi connectivity index (χ4v) is 1.97. The van der Waals surface area contributed by atoms with E-state index >= 15 is 0 Å². The molecule has 0 heterocycles. The van der Waals surface area contributed by atoms with Gasteiger partial charge in [0, 0.05) is 18.4 Å². The standard InChI is InChI=1S/C17H19N/c1-3-4-10-15-11-8-9-14-17(15)18(2)16-12-6-5-7-13-16/h4-14H,3H2,1-2H3/b10-4+. The Balaban J connectivity index is 2.36. The number of allylic oxidation sites excluding steroid dienone is 1. The minimum absolute atomic E-state index is 1.06. The quantitative estimate of drug-likeness (QED) is 0.732. The fraction of sp³-hybridized carbons (Fsp3) is 0.176. The van der Waals surface area contributed by atoms with E-state index in [-0.39, 0.29) is 0 Å². The first-order chi connectivity index (χ1) is 8.83. The third-order valence-corrected chi connectivity index (χ3v) is 2.97. The summed E-state index contributed by atoms with van der Waals surface area (Å²) < 4.78 is 0. The molecule has 2 rings (SSSR count). The summed E-state index contributed by atoms with van der Waals surface area (Å²) in [7, 11) is 2.11. The van der Waals surface area contributed by atoms with Gasteiger partial charge < -0.3 is 4.90 Å². The molecule has 2 aromatic rings. The highest BCUT2D eigenvalue weighted by Crippen LogP contribution is 2.27. The molecule has 1 nitrogen and oxygen atoms in total. The van der Waals surface area contributed by atoms with Crippen LogP contribution in [0.15, 0.2) is 60.7 Å². The minimum Gasteiger partial charge on any atom is -0.344 e. The highest BCUT2D eigenvalue weighted by Gasteiger charge is 2.06. The molecule has 2 aromatic carbocycles. The molecule has 0 aliphatic rings. The molecule has 0 aromatic heterocycles. The van der Waals surface area contributed by atoms with Gasteiger partial charge >= 0.3 is 0 Å². The summed E-state index contributed by atoms with van der Waals surface area (Å²) in [6.07, 6.45) is 5.44. The monoisotopic (exact) mass is 237 g/mol. The van der Waals surface area contributed by atoms with E-state index in [0.29, 0.717) is 0 Å². The minimum atomic E-state index is 1.06. The van der Waals surface area contributed by atoms with Crippen LogP contribution in [0.1, 0.15) is 18.9 Å². The molecule has 0 saturated heterocycles. The van der Waals surface area contributed by atoms with Gasteiger partial charge in [-0.15, -0.1) is 0 Å². The predicted molar refractivity (Wildman–Crippen MR) is 80.3 cm³/mol. The first-order valence-corrected chi connectivity index (χ1v) is 6.37. The lowest BCUT2D eigenvalue weighted by Gasteiger charge is -2.21. The van der Waals surface area contributed by atoms with E-state index in [2.05, 4.69) is 79.6 Å². The van der Waals surface area contributed by atoms with Gasteiger partial charge in [0.2, 0.25) is 0 Å². The van der Waals surface area contributed by atoms with Crippen LogP contribution in [0.25, 0.3) is 6.08 Å². The normalized spacial score (nSPS) is 10.8. The number of hydrogen-bond acceptors (Lipinski definition) is 1. The second-order valence-corrected chi connectivity index (χ2v) is 4.26. The average Bonchev–Trinajstić information content (AvgIpc) is 2.45. The third kappa shape index (κ3) is 2.80. The van der Waals surface area contributed by atoms with Crippen molar-refractivity contribution in [2.45, 2.75) is 13.3 Å². The Morgan fingerprint density at radius 2 is 1.61 bits per heavy atom. The van der Waals surface area contributed by atoms with Crippen LogP contribution in [0.5, 0.6) is 0 Å². The van der Waals surface area contributed by atoms with Crippen molar-refractivity contribution in [1.29, 1.82) is 0 Å². The molecule has 18 heavy (non-hydrogen) atoms. The van der Waals surface area contributed by atoms with Crippen molar-refractivity contribution < 1.29 is 0 Å². The molecule has 0 aliphatic carbocycles. The van der Waals surface area contributed by atoms with Crippen molar-refractivity contribution in [2.75, 3.05) is 11.9 Å². The largest absolute Gasteiger partial charge is 0.344 e. The lowest BCUT2D eigenvalue weighted by molar-refractivity contribution is 1.20. The zero-order valence-electron chi connectivity index (χ0n) is 11.0. The second kappa shape index (κ2) is 6.06. The SMILES string of the molecule is CC/C=C/c1ccccc1N(C)c1ccccc1. The van der Waals surface area contributed by atoms with Crippen LogP contribution in [-0.4, -0.2) is 7.05 Å². The molecule has 0 fully saturated rings. The zero-order valence-corrected chi connectivity index (χ0v) is 11.0. The maximum atomic E-state index is 2.22. The Hall–Kier alpha value is -2.02. The summed E-state index contributed by atoms with van der Waals surface area (Å²) >= 11 is 0. The summed E-state index contributed by atoms with van der Waals surface area (Å²) in [6.45, 7) is 2.15. The second-order valence-electron chi connectivity index (χ2n) is 4.26. The molecule has 0 unspecified atom stereocenters. The van der Waals surface area contributed by atoms with Crippen molar-refractivity contribution in [3.8, 4) is 0 Å². The van der Waals surface area contributed by atoms with Gasteiger partial charge in [-0.3, -0.25) is 0 Å². The molecule has 0 amide bonds. The lowest BCUT2D eigenvalue weighted by atomic mass is 10.1. The molecule has 0 bridgehead atoms. The Kier molecular flexibility index (Phi) is 4.19. The van der Waals surface area contributed by atoms with Crippen LogP contribution in [0.2, 0.25) is 0 Å². The molecular formula is C17H19N. The smallest absolute Gasteiger partial charge is 0.0481 e. The van der Waals surface area contributed by atoms with Gasteiger partial charge in [0.05, 0.1) is 0 Å². The van der Waals surface area contributed by atoms with Gasteiger partial charge in [0.1, 0.15) is 0 Å². The Bertz CT molecular complexity index is 514. The molecule has 92 valence electrons. The van der Waals surface area contributed by atoms with Gasteiger partial charge in [-0.1, -0.05) is 55.5 Å². The summed E-state index contributed by atoms with van der Waals surface area (Å²) in [5.41, 5.74) is 3.69. The Morgan fingerprint density at radius 1 is 0.944 bits per heavy atom. The zero-order chi connectivity index (χ0) is 12.8. The predicted octanol–water partition coefficient (Wildman–Crippen LogP) is 4.88. The van der Waals surface area contributed by atoms with E-state index in [9.17, 15) is 0 Å². The van der Waals surface area contributed by atoms with E-state index in [1.807, 2.05) is 6.07 Å². The average molecular weight is 237 g/mol.